The average Bonchev–Trinajstić information content (AvgIpc) is 3.18. The molecule has 0 bridgehead atoms. The molecule has 2 aliphatic heterocycles. The molecular formula is C19H22N2O3S. The fraction of sp³-hybridized carbons (Fsp3) is 0.474. The van der Waals surface area contributed by atoms with Crippen molar-refractivity contribution in [3.8, 4) is 5.88 Å². The Balaban J connectivity index is 1.36. The van der Waals surface area contributed by atoms with Gasteiger partial charge in [-0.2, -0.15) is 0 Å². The molecule has 2 fully saturated rings. The van der Waals surface area contributed by atoms with Gasteiger partial charge in [0.2, 0.25) is 5.88 Å². The van der Waals surface area contributed by atoms with Crippen LogP contribution in [0.5, 0.6) is 5.88 Å². The summed E-state index contributed by atoms with van der Waals surface area (Å²) in [5.74, 6) is 0.816. The van der Waals surface area contributed by atoms with Crippen molar-refractivity contribution in [2.24, 2.45) is 0 Å². The fourth-order valence-corrected chi connectivity index (χ4v) is 4.38. The van der Waals surface area contributed by atoms with E-state index in [-0.39, 0.29) is 17.6 Å². The van der Waals surface area contributed by atoms with Gasteiger partial charge in [-0.3, -0.25) is 4.79 Å². The summed E-state index contributed by atoms with van der Waals surface area (Å²) in [5.41, 5.74) is -0.163. The van der Waals surface area contributed by atoms with E-state index in [1.165, 1.54) is 11.3 Å². The summed E-state index contributed by atoms with van der Waals surface area (Å²) in [6.07, 6.45) is 5.36. The highest BCUT2D eigenvalue weighted by Crippen LogP contribution is 2.36. The number of carbonyl (C=O) groups excluding carboxylic acids is 1. The van der Waals surface area contributed by atoms with E-state index in [9.17, 15) is 4.79 Å². The Morgan fingerprint density at radius 3 is 2.88 bits per heavy atom. The monoisotopic (exact) mass is 358 g/mol. The molecule has 2 aromatic heterocycles. The summed E-state index contributed by atoms with van der Waals surface area (Å²) in [6, 6.07) is 9.54. The van der Waals surface area contributed by atoms with Crippen molar-refractivity contribution in [3.05, 3.63) is 46.8 Å². The lowest BCUT2D eigenvalue weighted by Crippen LogP contribution is -2.52. The van der Waals surface area contributed by atoms with Crippen molar-refractivity contribution in [2.45, 2.75) is 37.4 Å². The molecule has 4 rings (SSSR count). The molecule has 0 aromatic carbocycles. The van der Waals surface area contributed by atoms with E-state index >= 15 is 0 Å². The topological polar surface area (TPSA) is 51.7 Å². The minimum absolute atomic E-state index is 0.128. The summed E-state index contributed by atoms with van der Waals surface area (Å²) in [6.45, 7) is 2.19. The Kier molecular flexibility index (Phi) is 4.72. The number of rotatable bonds is 3. The van der Waals surface area contributed by atoms with Crippen LogP contribution in [-0.2, 0) is 4.74 Å². The number of aromatic nitrogens is 1. The van der Waals surface area contributed by atoms with Crippen LogP contribution < -0.4 is 4.74 Å². The third-order valence-electron chi connectivity index (χ3n) is 5.07. The van der Waals surface area contributed by atoms with E-state index in [0.717, 1.165) is 43.6 Å². The highest BCUT2D eigenvalue weighted by Gasteiger charge is 2.42. The Bertz CT molecular complexity index is 697. The quantitative estimate of drug-likeness (QED) is 0.844. The largest absolute Gasteiger partial charge is 0.474 e. The molecule has 4 heterocycles. The minimum Gasteiger partial charge on any atom is -0.474 e. The second kappa shape index (κ2) is 7.14. The summed E-state index contributed by atoms with van der Waals surface area (Å²) in [4.78, 5) is 19.5. The first kappa shape index (κ1) is 16.5. The highest BCUT2D eigenvalue weighted by molar-refractivity contribution is 7.12. The molecule has 6 heteroatoms. The van der Waals surface area contributed by atoms with Crippen molar-refractivity contribution in [1.29, 1.82) is 0 Å². The molecule has 0 saturated carbocycles. The van der Waals surface area contributed by atoms with Gasteiger partial charge in [0.25, 0.3) is 5.91 Å². The Morgan fingerprint density at radius 1 is 1.28 bits per heavy atom. The number of nitrogens with zero attached hydrogens (tertiary/aromatic N) is 2. The maximum Gasteiger partial charge on any atom is 0.263 e. The molecule has 0 aliphatic carbocycles. The molecule has 1 unspecified atom stereocenters. The molecule has 0 radical (unpaired) electrons. The first-order valence-electron chi connectivity index (χ1n) is 8.79. The minimum atomic E-state index is -0.163. The van der Waals surface area contributed by atoms with Gasteiger partial charge >= 0.3 is 0 Å². The molecule has 132 valence electrons. The first-order valence-corrected chi connectivity index (χ1v) is 9.67. The summed E-state index contributed by atoms with van der Waals surface area (Å²) in [5, 5.41) is 1.95. The molecule has 0 N–H and O–H groups in total. The Labute approximate surface area is 151 Å². The van der Waals surface area contributed by atoms with Crippen LogP contribution in [0.4, 0.5) is 0 Å². The Hall–Kier alpha value is -1.92. The Morgan fingerprint density at radius 2 is 2.16 bits per heavy atom. The van der Waals surface area contributed by atoms with Crippen LogP contribution >= 0.6 is 11.3 Å². The maximum atomic E-state index is 12.5. The van der Waals surface area contributed by atoms with Crippen LogP contribution in [0.3, 0.4) is 0 Å². The van der Waals surface area contributed by atoms with Gasteiger partial charge in [-0.15, -0.1) is 11.3 Å². The van der Waals surface area contributed by atoms with Gasteiger partial charge in [-0.1, -0.05) is 12.1 Å². The van der Waals surface area contributed by atoms with E-state index in [1.807, 2.05) is 40.6 Å². The van der Waals surface area contributed by atoms with Crippen LogP contribution in [0.15, 0.2) is 41.9 Å². The van der Waals surface area contributed by atoms with Crippen molar-refractivity contribution < 1.29 is 14.3 Å². The number of carbonyl (C=O) groups is 1. The number of amides is 1. The number of ether oxygens (including phenoxy) is 2. The zero-order valence-corrected chi connectivity index (χ0v) is 14.9. The zero-order valence-electron chi connectivity index (χ0n) is 14.1. The lowest BCUT2D eigenvalue weighted by Gasteiger charge is -2.45. The first-order chi connectivity index (χ1) is 12.2. The fourth-order valence-electron chi connectivity index (χ4n) is 3.69. The molecular weight excluding hydrogens is 336 g/mol. The van der Waals surface area contributed by atoms with Crippen LogP contribution in [0, 0.1) is 0 Å². The number of hydrogen-bond acceptors (Lipinski definition) is 5. The van der Waals surface area contributed by atoms with Gasteiger partial charge < -0.3 is 14.4 Å². The van der Waals surface area contributed by atoms with Gasteiger partial charge in [0.1, 0.15) is 6.10 Å². The van der Waals surface area contributed by atoms with E-state index in [4.69, 9.17) is 9.47 Å². The number of likely N-dealkylation sites (tertiary alicyclic amines) is 1. The van der Waals surface area contributed by atoms with Crippen molar-refractivity contribution in [3.63, 3.8) is 0 Å². The summed E-state index contributed by atoms with van der Waals surface area (Å²) >= 11 is 1.50. The molecule has 2 aromatic rings. The third kappa shape index (κ3) is 3.70. The van der Waals surface area contributed by atoms with Crippen molar-refractivity contribution in [1.82, 2.24) is 9.88 Å². The number of pyridine rings is 1. The van der Waals surface area contributed by atoms with E-state index in [1.54, 1.807) is 6.20 Å². The molecule has 5 nitrogen and oxygen atoms in total. The third-order valence-corrected chi connectivity index (χ3v) is 5.92. The lowest BCUT2D eigenvalue weighted by atomic mass is 9.83. The normalized spacial score (nSPS) is 22.7. The van der Waals surface area contributed by atoms with E-state index in [0.29, 0.717) is 12.5 Å². The zero-order chi connectivity index (χ0) is 17.1. The van der Waals surface area contributed by atoms with Gasteiger partial charge in [-0.05, 0) is 30.4 Å². The molecule has 1 amide bonds. The predicted octanol–water partition coefficient (Wildman–Crippen LogP) is 3.38. The number of piperidine rings is 1. The molecule has 25 heavy (non-hydrogen) atoms. The van der Waals surface area contributed by atoms with Crippen LogP contribution in [0.1, 0.15) is 35.4 Å². The summed E-state index contributed by atoms with van der Waals surface area (Å²) in [7, 11) is 0. The molecule has 1 atom stereocenters. The van der Waals surface area contributed by atoms with Crippen molar-refractivity contribution in [2.75, 3.05) is 19.7 Å². The van der Waals surface area contributed by atoms with Gasteiger partial charge in [0.05, 0.1) is 17.1 Å². The smallest absolute Gasteiger partial charge is 0.263 e. The second-order valence-corrected chi connectivity index (χ2v) is 7.65. The van der Waals surface area contributed by atoms with E-state index < -0.39 is 0 Å². The van der Waals surface area contributed by atoms with Crippen LogP contribution in [0.25, 0.3) is 0 Å². The highest BCUT2D eigenvalue weighted by atomic mass is 32.1. The predicted molar refractivity (Wildman–Crippen MR) is 96.0 cm³/mol. The number of hydrogen-bond donors (Lipinski definition) is 0. The molecule has 1 spiro atoms. The van der Waals surface area contributed by atoms with Gasteiger partial charge in [0, 0.05) is 38.2 Å². The SMILES string of the molecule is O=C(c1cccs1)N1CCC2(CC1)CC(Oc1ccccn1)CCO2. The maximum absolute atomic E-state index is 12.5. The average molecular weight is 358 g/mol. The van der Waals surface area contributed by atoms with Crippen LogP contribution in [0.2, 0.25) is 0 Å². The number of thiophene rings is 1. The van der Waals surface area contributed by atoms with Gasteiger partial charge in [0.15, 0.2) is 0 Å². The van der Waals surface area contributed by atoms with Crippen LogP contribution in [-0.4, -0.2) is 47.2 Å². The molecule has 2 aliphatic rings. The lowest BCUT2D eigenvalue weighted by molar-refractivity contribution is -0.135. The van der Waals surface area contributed by atoms with Crippen molar-refractivity contribution >= 4 is 17.2 Å². The van der Waals surface area contributed by atoms with Gasteiger partial charge in [-0.25, -0.2) is 4.98 Å². The second-order valence-electron chi connectivity index (χ2n) is 6.70. The standard InChI is InChI=1S/C19H22N2O3S/c22-18(16-4-3-13-25-16)21-10-7-19(8-11-21)14-15(6-12-23-19)24-17-5-1-2-9-20-17/h1-5,9,13,15H,6-8,10-12,14H2. The summed E-state index contributed by atoms with van der Waals surface area (Å²) < 4.78 is 12.2. The molecule has 2 saturated heterocycles. The van der Waals surface area contributed by atoms with E-state index in [2.05, 4.69) is 4.98 Å².